The van der Waals surface area contributed by atoms with Crippen LogP contribution in [0.2, 0.25) is 0 Å². The second kappa shape index (κ2) is 10.6. The molecular formula is C27H28N4O5. The standard InChI is InChI=1S/C27H28N4O5/c1-5-31(6-2)23-22(24(32)25(23)33)30-21(27(34)35-4)14-17-7-9-19(10-8-17)36-26-20-15-28-12-11-18(20)13-16(3)29-26/h7-13,15,21,30H,5-6,14H2,1-4H3/t21-/m0/s1. The number of ether oxygens (including phenoxy) is 2. The summed E-state index contributed by atoms with van der Waals surface area (Å²) in [6.45, 7) is 6.84. The van der Waals surface area contributed by atoms with E-state index in [0.29, 0.717) is 30.4 Å². The molecule has 0 fully saturated rings. The van der Waals surface area contributed by atoms with Crippen molar-refractivity contribution in [1.82, 2.24) is 9.97 Å². The highest BCUT2D eigenvalue weighted by Crippen LogP contribution is 2.29. The molecule has 0 unspecified atom stereocenters. The number of hydrogen-bond acceptors (Lipinski definition) is 9. The van der Waals surface area contributed by atoms with Crippen LogP contribution in [0.1, 0.15) is 25.1 Å². The number of aryl methyl sites for hydroxylation is 1. The van der Waals surface area contributed by atoms with Crippen molar-refractivity contribution >= 4 is 28.1 Å². The third-order valence-electron chi connectivity index (χ3n) is 6.07. The molecule has 0 saturated heterocycles. The van der Waals surface area contributed by atoms with E-state index in [-0.39, 0.29) is 12.1 Å². The molecule has 0 saturated carbocycles. The lowest BCUT2D eigenvalue weighted by Crippen LogP contribution is -2.46. The highest BCUT2D eigenvalue weighted by atomic mass is 16.5. The number of fused-ring (bicyclic) bond motifs is 1. The van der Waals surface area contributed by atoms with Crippen molar-refractivity contribution < 1.29 is 14.3 Å². The number of methoxy groups -OCH3 is 1. The molecule has 0 radical (unpaired) electrons. The van der Waals surface area contributed by atoms with Crippen molar-refractivity contribution in [3.63, 3.8) is 0 Å². The third kappa shape index (κ3) is 4.91. The van der Waals surface area contributed by atoms with E-state index in [1.165, 1.54) is 7.11 Å². The van der Waals surface area contributed by atoms with E-state index in [0.717, 1.165) is 22.0 Å². The number of aromatic nitrogens is 2. The number of carbonyl (C=O) groups is 1. The average molecular weight is 489 g/mol. The fourth-order valence-electron chi connectivity index (χ4n) is 4.17. The van der Waals surface area contributed by atoms with Gasteiger partial charge in [0.05, 0.1) is 12.5 Å². The predicted molar refractivity (Wildman–Crippen MR) is 139 cm³/mol. The van der Waals surface area contributed by atoms with Gasteiger partial charge in [0.15, 0.2) is 0 Å². The Morgan fingerprint density at radius 1 is 1.08 bits per heavy atom. The lowest BCUT2D eigenvalue weighted by atomic mass is 10.0. The molecule has 2 aromatic carbocycles. The van der Waals surface area contributed by atoms with Crippen molar-refractivity contribution in [3.05, 3.63) is 80.5 Å². The minimum absolute atomic E-state index is 0.157. The third-order valence-corrected chi connectivity index (χ3v) is 6.07. The Morgan fingerprint density at radius 3 is 2.47 bits per heavy atom. The molecule has 0 aliphatic heterocycles. The molecule has 0 aliphatic carbocycles. The fraction of sp³-hybridized carbons (Fsp3) is 0.296. The van der Waals surface area contributed by atoms with E-state index in [4.69, 9.17) is 9.47 Å². The molecule has 9 heteroatoms. The summed E-state index contributed by atoms with van der Waals surface area (Å²) in [5.41, 5.74) is 0.951. The van der Waals surface area contributed by atoms with Crippen LogP contribution in [0, 0.1) is 6.92 Å². The molecule has 2 aromatic heterocycles. The number of pyridine rings is 2. The van der Waals surface area contributed by atoms with Crippen LogP contribution >= 0.6 is 0 Å². The van der Waals surface area contributed by atoms with Gasteiger partial charge in [-0.3, -0.25) is 14.6 Å². The predicted octanol–water partition coefficient (Wildman–Crippen LogP) is 3.37. The van der Waals surface area contributed by atoms with Crippen molar-refractivity contribution in [2.75, 3.05) is 30.4 Å². The quantitative estimate of drug-likeness (QED) is 0.265. The van der Waals surface area contributed by atoms with Gasteiger partial charge >= 0.3 is 5.97 Å². The average Bonchev–Trinajstić information content (AvgIpc) is 2.90. The summed E-state index contributed by atoms with van der Waals surface area (Å²) in [6, 6.07) is 10.3. The van der Waals surface area contributed by atoms with Crippen LogP contribution in [0.5, 0.6) is 11.6 Å². The van der Waals surface area contributed by atoms with Crippen molar-refractivity contribution in [2.24, 2.45) is 0 Å². The number of nitrogens with one attached hydrogen (secondary N) is 1. The maximum Gasteiger partial charge on any atom is 0.328 e. The monoisotopic (exact) mass is 488 g/mol. The Bertz CT molecular complexity index is 1450. The number of anilines is 2. The maximum absolute atomic E-state index is 12.5. The Hall–Kier alpha value is -4.27. The minimum atomic E-state index is -0.840. The van der Waals surface area contributed by atoms with Gasteiger partial charge in [0.2, 0.25) is 5.88 Å². The zero-order valence-electron chi connectivity index (χ0n) is 20.7. The number of rotatable bonds is 10. The van der Waals surface area contributed by atoms with Crippen LogP contribution in [-0.2, 0) is 16.0 Å². The van der Waals surface area contributed by atoms with Gasteiger partial charge in [0, 0.05) is 37.6 Å². The lowest BCUT2D eigenvalue weighted by molar-refractivity contribution is -0.141. The molecule has 4 aromatic rings. The molecule has 36 heavy (non-hydrogen) atoms. The number of nitrogens with zero attached hydrogens (tertiary/aromatic N) is 3. The fourth-order valence-corrected chi connectivity index (χ4v) is 4.17. The van der Waals surface area contributed by atoms with Crippen molar-refractivity contribution in [2.45, 2.75) is 33.2 Å². The summed E-state index contributed by atoms with van der Waals surface area (Å²) < 4.78 is 11.0. The van der Waals surface area contributed by atoms with Crippen LogP contribution in [-0.4, -0.2) is 42.2 Å². The molecule has 1 atom stereocenters. The molecule has 2 heterocycles. The Morgan fingerprint density at radius 2 is 1.81 bits per heavy atom. The topological polar surface area (TPSA) is 111 Å². The zero-order valence-corrected chi connectivity index (χ0v) is 20.7. The number of benzene rings is 1. The summed E-state index contributed by atoms with van der Waals surface area (Å²) in [4.78, 5) is 47.4. The molecular weight excluding hydrogens is 460 g/mol. The molecule has 0 spiro atoms. The first-order valence-corrected chi connectivity index (χ1v) is 11.8. The first kappa shape index (κ1) is 24.8. The van der Waals surface area contributed by atoms with Crippen LogP contribution in [0.25, 0.3) is 10.8 Å². The van der Waals surface area contributed by atoms with Crippen molar-refractivity contribution in [3.8, 4) is 11.6 Å². The van der Waals surface area contributed by atoms with E-state index < -0.39 is 22.9 Å². The zero-order chi connectivity index (χ0) is 25.8. The molecule has 9 nitrogen and oxygen atoms in total. The van der Waals surface area contributed by atoms with E-state index in [1.807, 2.05) is 45.0 Å². The first-order valence-electron chi connectivity index (χ1n) is 11.8. The Balaban J connectivity index is 1.53. The molecule has 186 valence electrons. The van der Waals surface area contributed by atoms with Gasteiger partial charge in [0.1, 0.15) is 23.2 Å². The summed E-state index contributed by atoms with van der Waals surface area (Å²) >= 11 is 0. The van der Waals surface area contributed by atoms with Gasteiger partial charge in [-0.2, -0.15) is 0 Å². The van der Waals surface area contributed by atoms with E-state index in [2.05, 4.69) is 15.3 Å². The Labute approximate surface area is 208 Å². The van der Waals surface area contributed by atoms with Crippen LogP contribution < -0.4 is 25.8 Å². The minimum Gasteiger partial charge on any atom is -0.467 e. The van der Waals surface area contributed by atoms with E-state index >= 15 is 0 Å². The van der Waals surface area contributed by atoms with Crippen LogP contribution in [0.3, 0.4) is 0 Å². The van der Waals surface area contributed by atoms with Gasteiger partial charge in [-0.25, -0.2) is 9.78 Å². The second-order valence-corrected chi connectivity index (χ2v) is 8.39. The highest BCUT2D eigenvalue weighted by molar-refractivity contribution is 5.86. The highest BCUT2D eigenvalue weighted by Gasteiger charge is 2.29. The van der Waals surface area contributed by atoms with E-state index in [9.17, 15) is 14.4 Å². The normalized spacial score (nSPS) is 11.9. The van der Waals surface area contributed by atoms with Gasteiger partial charge in [-0.15, -0.1) is 0 Å². The molecule has 0 bridgehead atoms. The largest absolute Gasteiger partial charge is 0.467 e. The second-order valence-electron chi connectivity index (χ2n) is 8.39. The van der Waals surface area contributed by atoms with Crippen molar-refractivity contribution in [1.29, 1.82) is 0 Å². The van der Waals surface area contributed by atoms with Crippen LogP contribution in [0.15, 0.2) is 58.4 Å². The smallest absolute Gasteiger partial charge is 0.328 e. The van der Waals surface area contributed by atoms with Gasteiger partial charge in [0.25, 0.3) is 10.9 Å². The SMILES string of the molecule is CCN(CC)c1c(N[C@@H](Cc2ccc(Oc3nc(C)cc4ccncc34)cc2)C(=O)OC)c(=O)c1=O. The van der Waals surface area contributed by atoms with Gasteiger partial charge in [-0.05, 0) is 56.0 Å². The number of esters is 1. The summed E-state index contributed by atoms with van der Waals surface area (Å²) in [5, 5.41) is 4.75. The molecule has 4 rings (SSSR count). The first-order chi connectivity index (χ1) is 17.4. The lowest BCUT2D eigenvalue weighted by Gasteiger charge is -2.27. The summed E-state index contributed by atoms with van der Waals surface area (Å²) in [7, 11) is 1.29. The Kier molecular flexibility index (Phi) is 7.28. The van der Waals surface area contributed by atoms with Gasteiger partial charge in [-0.1, -0.05) is 12.1 Å². The number of carbonyl (C=O) groups excluding carboxylic acids is 1. The summed E-state index contributed by atoms with van der Waals surface area (Å²) in [5.74, 6) is 0.511. The van der Waals surface area contributed by atoms with Gasteiger partial charge < -0.3 is 19.7 Å². The molecule has 1 N–H and O–H groups in total. The van der Waals surface area contributed by atoms with Crippen LogP contribution in [0.4, 0.5) is 11.4 Å². The maximum atomic E-state index is 12.5. The summed E-state index contributed by atoms with van der Waals surface area (Å²) in [6.07, 6.45) is 3.69. The molecule has 0 amide bonds. The van der Waals surface area contributed by atoms with E-state index in [1.54, 1.807) is 29.4 Å². The number of hydrogen-bond donors (Lipinski definition) is 1. The molecule has 0 aliphatic rings.